The fourth-order valence-electron chi connectivity index (χ4n) is 2.59. The van der Waals surface area contributed by atoms with Crippen molar-refractivity contribution >= 4 is 39.1 Å². The van der Waals surface area contributed by atoms with Gasteiger partial charge in [0, 0.05) is 16.3 Å². The Hall–Kier alpha value is -2.97. The summed E-state index contributed by atoms with van der Waals surface area (Å²) in [6, 6.07) is 22.2. The second-order valence-electron chi connectivity index (χ2n) is 6.42. The van der Waals surface area contributed by atoms with E-state index in [1.807, 2.05) is 6.92 Å². The van der Waals surface area contributed by atoms with Crippen molar-refractivity contribution in [1.29, 1.82) is 0 Å². The molecule has 8 heteroatoms. The van der Waals surface area contributed by atoms with Crippen molar-refractivity contribution in [2.45, 2.75) is 22.0 Å². The Balaban J connectivity index is 1.58. The summed E-state index contributed by atoms with van der Waals surface area (Å²) in [7, 11) is -2.04. The summed E-state index contributed by atoms with van der Waals surface area (Å²) in [4.78, 5) is 13.5. The molecule has 3 aromatic rings. The summed E-state index contributed by atoms with van der Waals surface area (Å²) >= 11 is 1.39. The van der Waals surface area contributed by atoms with Gasteiger partial charge in [-0.3, -0.25) is 9.52 Å². The maximum absolute atomic E-state index is 12.4. The first kappa shape index (κ1) is 21.7. The molecule has 1 atom stereocenters. The predicted molar refractivity (Wildman–Crippen MR) is 121 cm³/mol. The number of thioether (sulfide) groups is 1. The fraction of sp³-hybridized carbons (Fsp3) is 0.136. The summed E-state index contributed by atoms with van der Waals surface area (Å²) in [6.45, 7) is 1.82. The van der Waals surface area contributed by atoms with Crippen LogP contribution in [0.3, 0.4) is 0 Å². The smallest absolute Gasteiger partial charge is 0.261 e. The van der Waals surface area contributed by atoms with Gasteiger partial charge in [0.2, 0.25) is 5.91 Å². The van der Waals surface area contributed by atoms with Crippen molar-refractivity contribution in [3.63, 3.8) is 0 Å². The van der Waals surface area contributed by atoms with Gasteiger partial charge >= 0.3 is 0 Å². The summed E-state index contributed by atoms with van der Waals surface area (Å²) in [6.07, 6.45) is 0. The van der Waals surface area contributed by atoms with Crippen molar-refractivity contribution in [3.8, 4) is 5.75 Å². The van der Waals surface area contributed by atoms with Gasteiger partial charge in [-0.05, 0) is 67.6 Å². The molecule has 2 N–H and O–H groups in total. The number of ether oxygens (including phenoxy) is 1. The normalized spacial score (nSPS) is 12.1. The number of carbonyl (C=O) groups is 1. The molecule has 0 aliphatic heterocycles. The van der Waals surface area contributed by atoms with Crippen LogP contribution in [0.15, 0.2) is 88.7 Å². The molecule has 156 valence electrons. The maximum atomic E-state index is 12.4. The van der Waals surface area contributed by atoms with Crippen molar-refractivity contribution in [2.24, 2.45) is 0 Å². The number of nitrogens with one attached hydrogen (secondary N) is 2. The number of amides is 1. The Labute approximate surface area is 180 Å². The van der Waals surface area contributed by atoms with Gasteiger partial charge in [0.05, 0.1) is 17.3 Å². The molecule has 3 rings (SSSR count). The molecule has 30 heavy (non-hydrogen) atoms. The van der Waals surface area contributed by atoms with Crippen molar-refractivity contribution in [2.75, 3.05) is 17.1 Å². The third-order valence-corrected chi connectivity index (χ3v) is 6.71. The Kier molecular flexibility index (Phi) is 7.02. The lowest BCUT2D eigenvalue weighted by molar-refractivity contribution is -0.115. The van der Waals surface area contributed by atoms with Crippen LogP contribution in [-0.4, -0.2) is 26.7 Å². The van der Waals surface area contributed by atoms with Crippen LogP contribution in [0, 0.1) is 0 Å². The van der Waals surface area contributed by atoms with E-state index in [0.29, 0.717) is 11.4 Å². The van der Waals surface area contributed by atoms with Gasteiger partial charge in [0.1, 0.15) is 5.75 Å². The molecular weight excluding hydrogens is 420 g/mol. The fourth-order valence-corrected chi connectivity index (χ4v) is 4.54. The first-order chi connectivity index (χ1) is 14.4. The zero-order chi connectivity index (χ0) is 21.6. The molecule has 0 bridgehead atoms. The lowest BCUT2D eigenvalue weighted by atomic mass is 10.3. The van der Waals surface area contributed by atoms with Crippen LogP contribution in [0.4, 0.5) is 11.4 Å². The quantitative estimate of drug-likeness (QED) is 0.498. The van der Waals surface area contributed by atoms with Crippen LogP contribution >= 0.6 is 11.8 Å². The molecule has 0 spiro atoms. The highest BCUT2D eigenvalue weighted by Crippen LogP contribution is 2.26. The maximum Gasteiger partial charge on any atom is 0.261 e. The van der Waals surface area contributed by atoms with Crippen molar-refractivity contribution < 1.29 is 17.9 Å². The minimum absolute atomic E-state index is 0.126. The van der Waals surface area contributed by atoms with Crippen LogP contribution in [0.1, 0.15) is 6.92 Å². The first-order valence-electron chi connectivity index (χ1n) is 9.17. The number of hydrogen-bond acceptors (Lipinski definition) is 5. The highest BCUT2D eigenvalue weighted by atomic mass is 32.2. The van der Waals surface area contributed by atoms with Gasteiger partial charge in [-0.2, -0.15) is 0 Å². The predicted octanol–water partition coefficient (Wildman–Crippen LogP) is 4.62. The zero-order valence-electron chi connectivity index (χ0n) is 16.5. The molecule has 1 unspecified atom stereocenters. The molecule has 0 aliphatic rings. The van der Waals surface area contributed by atoms with Crippen LogP contribution in [-0.2, 0) is 14.8 Å². The van der Waals surface area contributed by atoms with E-state index < -0.39 is 10.0 Å². The summed E-state index contributed by atoms with van der Waals surface area (Å²) in [5.41, 5.74) is 1.15. The molecule has 0 radical (unpaired) electrons. The van der Waals surface area contributed by atoms with E-state index >= 15 is 0 Å². The number of hydrogen-bond donors (Lipinski definition) is 2. The Morgan fingerprint density at radius 3 is 2.10 bits per heavy atom. The monoisotopic (exact) mass is 442 g/mol. The third kappa shape index (κ3) is 5.77. The van der Waals surface area contributed by atoms with Crippen molar-refractivity contribution in [1.82, 2.24) is 0 Å². The van der Waals surface area contributed by atoms with Gasteiger partial charge in [-0.25, -0.2) is 8.42 Å². The first-order valence-corrected chi connectivity index (χ1v) is 11.5. The topological polar surface area (TPSA) is 84.5 Å². The van der Waals surface area contributed by atoms with E-state index in [1.54, 1.807) is 73.8 Å². The van der Waals surface area contributed by atoms with Gasteiger partial charge in [-0.15, -0.1) is 11.8 Å². The van der Waals surface area contributed by atoms with Crippen LogP contribution in [0.25, 0.3) is 0 Å². The average Bonchev–Trinajstić information content (AvgIpc) is 2.76. The second kappa shape index (κ2) is 9.69. The third-order valence-electron chi connectivity index (χ3n) is 4.20. The summed E-state index contributed by atoms with van der Waals surface area (Å²) in [5, 5.41) is 2.53. The minimum atomic E-state index is -3.63. The number of carbonyl (C=O) groups excluding carboxylic acids is 1. The molecule has 0 saturated heterocycles. The Morgan fingerprint density at radius 2 is 1.50 bits per heavy atom. The number of rotatable bonds is 8. The molecule has 0 heterocycles. The molecule has 3 aromatic carbocycles. The lowest BCUT2D eigenvalue weighted by Gasteiger charge is -2.13. The molecular formula is C22H22N2O4S2. The van der Waals surface area contributed by atoms with Gasteiger partial charge in [0.15, 0.2) is 0 Å². The van der Waals surface area contributed by atoms with Gasteiger partial charge in [0.25, 0.3) is 10.0 Å². The van der Waals surface area contributed by atoms with Gasteiger partial charge < -0.3 is 10.1 Å². The molecule has 0 aliphatic carbocycles. The number of benzene rings is 3. The van der Waals surface area contributed by atoms with Crippen LogP contribution in [0.2, 0.25) is 0 Å². The average molecular weight is 443 g/mol. The largest absolute Gasteiger partial charge is 0.497 e. The van der Waals surface area contributed by atoms with Gasteiger partial charge in [-0.1, -0.05) is 18.2 Å². The standard InChI is InChI=1S/C22H22N2O4S2/c1-16(22(25)23-17-8-12-19(28-2)13-9-17)29-20-14-10-18(11-15-20)24-30(26,27)21-6-4-3-5-7-21/h3-16,24H,1-2H3,(H,23,25). The van der Waals surface area contributed by atoms with Crippen LogP contribution < -0.4 is 14.8 Å². The second-order valence-corrected chi connectivity index (χ2v) is 9.52. The summed E-state index contributed by atoms with van der Waals surface area (Å²) in [5.74, 6) is 0.595. The Morgan fingerprint density at radius 1 is 0.900 bits per heavy atom. The summed E-state index contributed by atoms with van der Waals surface area (Å²) < 4.78 is 32.4. The molecule has 0 aromatic heterocycles. The van der Waals surface area contributed by atoms with Crippen LogP contribution in [0.5, 0.6) is 5.75 Å². The minimum Gasteiger partial charge on any atom is -0.497 e. The Bertz CT molecular complexity index is 1080. The highest BCUT2D eigenvalue weighted by molar-refractivity contribution is 8.00. The molecule has 1 amide bonds. The van der Waals surface area contributed by atoms with E-state index in [4.69, 9.17) is 4.74 Å². The molecule has 6 nitrogen and oxygen atoms in total. The number of anilines is 2. The van der Waals surface area contributed by atoms with E-state index in [9.17, 15) is 13.2 Å². The molecule has 0 saturated carbocycles. The van der Waals surface area contributed by atoms with E-state index in [1.165, 1.54) is 23.9 Å². The highest BCUT2D eigenvalue weighted by Gasteiger charge is 2.16. The molecule has 0 fully saturated rings. The van der Waals surface area contributed by atoms with E-state index in [-0.39, 0.29) is 16.1 Å². The SMILES string of the molecule is COc1ccc(NC(=O)C(C)Sc2ccc(NS(=O)(=O)c3ccccc3)cc2)cc1. The number of sulfonamides is 1. The number of methoxy groups -OCH3 is 1. The van der Waals surface area contributed by atoms with Crippen molar-refractivity contribution in [3.05, 3.63) is 78.9 Å². The van der Waals surface area contributed by atoms with E-state index in [2.05, 4.69) is 10.0 Å². The zero-order valence-corrected chi connectivity index (χ0v) is 18.2. The lowest BCUT2D eigenvalue weighted by Crippen LogP contribution is -2.22. The van der Waals surface area contributed by atoms with E-state index in [0.717, 1.165) is 10.6 Å².